The molecule has 0 unspecified atom stereocenters. The lowest BCUT2D eigenvalue weighted by Gasteiger charge is -2.01. The van der Waals surface area contributed by atoms with Gasteiger partial charge in [-0.15, -0.1) is 12.6 Å². The first-order chi connectivity index (χ1) is 4.61. The van der Waals surface area contributed by atoms with Gasteiger partial charge in [0.2, 0.25) is 0 Å². The van der Waals surface area contributed by atoms with Crippen LogP contribution in [0.25, 0.3) is 0 Å². The van der Waals surface area contributed by atoms with Gasteiger partial charge in [-0.3, -0.25) is 0 Å². The van der Waals surface area contributed by atoms with E-state index < -0.39 is 0 Å². The predicted octanol–water partition coefficient (Wildman–Crippen LogP) is 2.01. The van der Waals surface area contributed by atoms with Crippen molar-refractivity contribution >= 4 is 18.3 Å². The summed E-state index contributed by atoms with van der Waals surface area (Å²) >= 11 is 4.13. The van der Waals surface area contributed by atoms with E-state index in [1.807, 2.05) is 6.07 Å². The Morgan fingerprint density at radius 2 is 2.20 bits per heavy atom. The van der Waals surface area contributed by atoms with Crippen LogP contribution in [0.1, 0.15) is 25.5 Å². The molecule has 3 heteroatoms. The average Bonchev–Trinajstić information content (AvgIpc) is 2.10. The van der Waals surface area contributed by atoms with Gasteiger partial charge in [0, 0.05) is 5.69 Å². The fourth-order valence-electron chi connectivity index (χ4n) is 0.949. The maximum Gasteiger partial charge on any atom is 0.0714 e. The Bertz CT molecular complexity index is 228. The number of nitrogens with two attached hydrogens (primary N) is 1. The summed E-state index contributed by atoms with van der Waals surface area (Å²) in [6, 6.07) is 1.83. The lowest BCUT2D eigenvalue weighted by atomic mass is 10.1. The second-order valence-corrected chi connectivity index (χ2v) is 3.16. The second kappa shape index (κ2) is 2.58. The molecule has 10 heavy (non-hydrogen) atoms. The van der Waals surface area contributed by atoms with E-state index in [0.29, 0.717) is 5.92 Å². The molecule has 0 radical (unpaired) electrons. The number of H-pyrrole nitrogens is 1. The normalized spacial score (nSPS) is 10.8. The zero-order valence-electron chi connectivity index (χ0n) is 6.18. The Balaban J connectivity index is 3.03. The lowest BCUT2D eigenvalue weighted by molar-refractivity contribution is 0.825. The number of nitrogen functional groups attached to an aromatic ring is 1. The third-order valence-corrected chi connectivity index (χ3v) is 1.68. The molecule has 1 aromatic rings. The molecule has 1 aromatic heterocycles. The molecular formula is C7H12N2S. The van der Waals surface area contributed by atoms with Crippen molar-refractivity contribution in [3.8, 4) is 0 Å². The topological polar surface area (TPSA) is 41.8 Å². The van der Waals surface area contributed by atoms with Gasteiger partial charge < -0.3 is 10.7 Å². The summed E-state index contributed by atoms with van der Waals surface area (Å²) in [6.45, 7) is 4.19. The number of nitrogens with one attached hydrogen (secondary N) is 1. The first-order valence-corrected chi connectivity index (χ1v) is 3.73. The largest absolute Gasteiger partial charge is 0.397 e. The molecule has 0 spiro atoms. The SMILES string of the molecule is CC(C)c1[nH]c(S)cc1N. The number of anilines is 1. The minimum Gasteiger partial charge on any atom is -0.397 e. The Morgan fingerprint density at radius 3 is 2.40 bits per heavy atom. The van der Waals surface area contributed by atoms with Crippen molar-refractivity contribution in [1.29, 1.82) is 0 Å². The van der Waals surface area contributed by atoms with Crippen LogP contribution >= 0.6 is 12.6 Å². The highest BCUT2D eigenvalue weighted by Crippen LogP contribution is 2.22. The van der Waals surface area contributed by atoms with E-state index >= 15 is 0 Å². The molecule has 0 aliphatic rings. The third-order valence-electron chi connectivity index (χ3n) is 1.44. The molecule has 0 atom stereocenters. The van der Waals surface area contributed by atoms with Crippen molar-refractivity contribution in [1.82, 2.24) is 4.98 Å². The number of hydrogen-bond acceptors (Lipinski definition) is 2. The molecular weight excluding hydrogens is 144 g/mol. The zero-order valence-corrected chi connectivity index (χ0v) is 7.07. The van der Waals surface area contributed by atoms with E-state index in [2.05, 4.69) is 31.5 Å². The number of aromatic amines is 1. The Labute approximate surface area is 66.2 Å². The maximum atomic E-state index is 5.66. The first kappa shape index (κ1) is 7.54. The summed E-state index contributed by atoms with van der Waals surface area (Å²) < 4.78 is 0. The molecule has 0 aliphatic carbocycles. The Hall–Kier alpha value is -0.570. The van der Waals surface area contributed by atoms with Gasteiger partial charge >= 0.3 is 0 Å². The van der Waals surface area contributed by atoms with Gasteiger partial charge in [-0.05, 0) is 12.0 Å². The summed E-state index contributed by atoms with van der Waals surface area (Å²) in [4.78, 5) is 3.08. The number of hydrogen-bond donors (Lipinski definition) is 3. The van der Waals surface area contributed by atoms with Crippen LogP contribution in [0.15, 0.2) is 11.1 Å². The van der Waals surface area contributed by atoms with Crippen LogP contribution in [0.4, 0.5) is 5.69 Å². The van der Waals surface area contributed by atoms with Gasteiger partial charge in [0.05, 0.1) is 10.7 Å². The van der Waals surface area contributed by atoms with Crippen molar-refractivity contribution < 1.29 is 0 Å². The van der Waals surface area contributed by atoms with Gasteiger partial charge in [0.15, 0.2) is 0 Å². The Kier molecular flexibility index (Phi) is 1.94. The molecule has 2 nitrogen and oxygen atoms in total. The van der Waals surface area contributed by atoms with Crippen LogP contribution in [0.5, 0.6) is 0 Å². The van der Waals surface area contributed by atoms with Crippen LogP contribution in [0.3, 0.4) is 0 Å². The third kappa shape index (κ3) is 1.29. The minimum atomic E-state index is 0.445. The molecule has 1 heterocycles. The van der Waals surface area contributed by atoms with E-state index in [0.717, 1.165) is 16.4 Å². The quantitative estimate of drug-likeness (QED) is 0.535. The van der Waals surface area contributed by atoms with Crippen LogP contribution in [-0.2, 0) is 0 Å². The van der Waals surface area contributed by atoms with Crippen LogP contribution in [0.2, 0.25) is 0 Å². The molecule has 0 amide bonds. The van der Waals surface area contributed by atoms with Gasteiger partial charge in [-0.2, -0.15) is 0 Å². The standard InChI is InChI=1S/C7H12N2S/c1-4(2)7-5(8)3-6(10)9-7/h3-4,9-10H,8H2,1-2H3. The lowest BCUT2D eigenvalue weighted by Crippen LogP contribution is -1.93. The van der Waals surface area contributed by atoms with Gasteiger partial charge in [0.1, 0.15) is 0 Å². The molecule has 56 valence electrons. The molecule has 0 saturated carbocycles. The van der Waals surface area contributed by atoms with E-state index in [1.165, 1.54) is 0 Å². The summed E-state index contributed by atoms with van der Waals surface area (Å²) in [5.41, 5.74) is 7.54. The molecule has 3 N–H and O–H groups in total. The van der Waals surface area contributed by atoms with E-state index in [4.69, 9.17) is 5.73 Å². The highest BCUT2D eigenvalue weighted by molar-refractivity contribution is 7.80. The van der Waals surface area contributed by atoms with Crippen molar-refractivity contribution in [2.24, 2.45) is 0 Å². The van der Waals surface area contributed by atoms with Crippen LogP contribution in [-0.4, -0.2) is 4.98 Å². The molecule has 0 bridgehead atoms. The number of aromatic nitrogens is 1. The second-order valence-electron chi connectivity index (χ2n) is 2.68. The van der Waals surface area contributed by atoms with E-state index in [9.17, 15) is 0 Å². The molecule has 1 rings (SSSR count). The minimum absolute atomic E-state index is 0.445. The van der Waals surface area contributed by atoms with Gasteiger partial charge in [-0.1, -0.05) is 13.8 Å². The van der Waals surface area contributed by atoms with Crippen molar-refractivity contribution in [3.05, 3.63) is 11.8 Å². The average molecular weight is 156 g/mol. The molecule has 0 fully saturated rings. The highest BCUT2D eigenvalue weighted by atomic mass is 32.1. The summed E-state index contributed by atoms with van der Waals surface area (Å²) in [7, 11) is 0. The zero-order chi connectivity index (χ0) is 7.72. The monoisotopic (exact) mass is 156 g/mol. The molecule has 0 aromatic carbocycles. The summed E-state index contributed by atoms with van der Waals surface area (Å²) in [6.07, 6.45) is 0. The number of thiol groups is 1. The van der Waals surface area contributed by atoms with E-state index in [-0.39, 0.29) is 0 Å². The summed E-state index contributed by atoms with van der Waals surface area (Å²) in [5.74, 6) is 0.445. The fourth-order valence-corrected chi connectivity index (χ4v) is 1.21. The van der Waals surface area contributed by atoms with E-state index in [1.54, 1.807) is 0 Å². The fraction of sp³-hybridized carbons (Fsp3) is 0.429. The highest BCUT2D eigenvalue weighted by Gasteiger charge is 2.05. The van der Waals surface area contributed by atoms with Gasteiger partial charge in [0.25, 0.3) is 0 Å². The maximum absolute atomic E-state index is 5.66. The molecule has 0 saturated heterocycles. The molecule has 0 aliphatic heterocycles. The summed E-state index contributed by atoms with van der Waals surface area (Å²) in [5, 5.41) is 0.834. The van der Waals surface area contributed by atoms with Gasteiger partial charge in [-0.25, -0.2) is 0 Å². The Morgan fingerprint density at radius 1 is 1.60 bits per heavy atom. The first-order valence-electron chi connectivity index (χ1n) is 3.28. The van der Waals surface area contributed by atoms with Crippen molar-refractivity contribution in [2.45, 2.75) is 24.8 Å². The van der Waals surface area contributed by atoms with Crippen LogP contribution < -0.4 is 5.73 Å². The van der Waals surface area contributed by atoms with Crippen molar-refractivity contribution in [3.63, 3.8) is 0 Å². The van der Waals surface area contributed by atoms with Crippen LogP contribution in [0, 0.1) is 0 Å². The number of rotatable bonds is 1. The predicted molar refractivity (Wildman–Crippen MR) is 46.5 cm³/mol. The van der Waals surface area contributed by atoms with Crippen molar-refractivity contribution in [2.75, 3.05) is 5.73 Å². The smallest absolute Gasteiger partial charge is 0.0714 e.